The van der Waals surface area contributed by atoms with Gasteiger partial charge in [-0.15, -0.1) is 0 Å². The fourth-order valence-corrected chi connectivity index (χ4v) is 3.36. The maximum Gasteiger partial charge on any atom is 0.323 e. The van der Waals surface area contributed by atoms with Gasteiger partial charge in [0.1, 0.15) is 11.5 Å². The van der Waals surface area contributed by atoms with Crippen LogP contribution >= 0.6 is 0 Å². The first-order chi connectivity index (χ1) is 13.5. The third kappa shape index (κ3) is 5.22. The van der Waals surface area contributed by atoms with Crippen molar-refractivity contribution in [3.63, 3.8) is 0 Å². The summed E-state index contributed by atoms with van der Waals surface area (Å²) in [6.07, 6.45) is 0. The Balaban J connectivity index is 2.40. The van der Waals surface area contributed by atoms with Crippen molar-refractivity contribution in [2.45, 2.75) is 65.7 Å². The Morgan fingerprint density at radius 3 is 2.00 bits per heavy atom. The van der Waals surface area contributed by atoms with E-state index in [1.54, 1.807) is 19.2 Å². The third-order valence-corrected chi connectivity index (χ3v) is 4.99. The van der Waals surface area contributed by atoms with Gasteiger partial charge in [-0.3, -0.25) is 0 Å². The molecule has 0 aliphatic heterocycles. The second-order valence-corrected chi connectivity index (χ2v) is 9.02. The van der Waals surface area contributed by atoms with Gasteiger partial charge in [0.15, 0.2) is 0 Å². The van der Waals surface area contributed by atoms with E-state index in [0.29, 0.717) is 17.0 Å². The van der Waals surface area contributed by atoms with E-state index < -0.39 is 6.03 Å². The summed E-state index contributed by atoms with van der Waals surface area (Å²) in [6, 6.07) is 9.12. The van der Waals surface area contributed by atoms with Crippen LogP contribution in [0.4, 0.5) is 16.2 Å². The molecule has 3 N–H and O–H groups in total. The SMILES string of the molecule is COc1cc(NC(=O)Nc2c(C(C)C)cccc2C(C)C)c(O)c(C(C)(C)C)c1. The molecule has 0 atom stereocenters. The van der Waals surface area contributed by atoms with Crippen LogP contribution in [-0.4, -0.2) is 18.2 Å². The lowest BCUT2D eigenvalue weighted by Gasteiger charge is -2.24. The predicted molar refractivity (Wildman–Crippen MR) is 121 cm³/mol. The van der Waals surface area contributed by atoms with Gasteiger partial charge < -0.3 is 20.5 Å². The molecule has 2 aromatic carbocycles. The third-order valence-electron chi connectivity index (χ3n) is 4.99. The van der Waals surface area contributed by atoms with Gasteiger partial charge in [0.2, 0.25) is 0 Å². The zero-order valence-electron chi connectivity index (χ0n) is 18.8. The van der Waals surface area contributed by atoms with E-state index in [1.807, 2.05) is 39.0 Å². The first-order valence-corrected chi connectivity index (χ1v) is 10.1. The highest BCUT2D eigenvalue weighted by molar-refractivity contribution is 6.02. The molecule has 0 aliphatic rings. The molecular weight excluding hydrogens is 364 g/mol. The molecule has 0 aliphatic carbocycles. The highest BCUT2D eigenvalue weighted by Crippen LogP contribution is 2.40. The molecule has 0 bridgehead atoms. The van der Waals surface area contributed by atoms with E-state index in [0.717, 1.165) is 16.8 Å². The molecule has 0 aromatic heterocycles. The fourth-order valence-electron chi connectivity index (χ4n) is 3.36. The van der Waals surface area contributed by atoms with Crippen LogP contribution in [0.25, 0.3) is 0 Å². The van der Waals surface area contributed by atoms with E-state index >= 15 is 0 Å². The van der Waals surface area contributed by atoms with E-state index in [9.17, 15) is 9.90 Å². The minimum atomic E-state index is -0.400. The molecule has 0 spiro atoms. The number of phenolic OH excluding ortho intramolecular Hbond substituents is 1. The van der Waals surface area contributed by atoms with Crippen molar-refractivity contribution in [3.8, 4) is 11.5 Å². The van der Waals surface area contributed by atoms with Gasteiger partial charge in [0.25, 0.3) is 0 Å². The Kier molecular flexibility index (Phi) is 6.83. The molecule has 0 fully saturated rings. The van der Waals surface area contributed by atoms with Crippen LogP contribution in [0.1, 0.15) is 77.0 Å². The van der Waals surface area contributed by atoms with Gasteiger partial charge in [-0.05, 0) is 34.4 Å². The molecule has 5 nitrogen and oxygen atoms in total. The van der Waals surface area contributed by atoms with Gasteiger partial charge in [0.05, 0.1) is 12.8 Å². The summed E-state index contributed by atoms with van der Waals surface area (Å²) in [7, 11) is 1.57. The monoisotopic (exact) mass is 398 g/mol. The minimum Gasteiger partial charge on any atom is -0.505 e. The van der Waals surface area contributed by atoms with Crippen LogP contribution in [0.2, 0.25) is 0 Å². The average molecular weight is 399 g/mol. The summed E-state index contributed by atoms with van der Waals surface area (Å²) in [5.41, 5.74) is 3.71. The number of rotatable bonds is 5. The van der Waals surface area contributed by atoms with Crippen LogP contribution in [-0.2, 0) is 5.41 Å². The Morgan fingerprint density at radius 1 is 1.00 bits per heavy atom. The number of carbonyl (C=O) groups excluding carboxylic acids is 1. The average Bonchev–Trinajstić information content (AvgIpc) is 2.62. The lowest BCUT2D eigenvalue weighted by atomic mass is 9.85. The van der Waals surface area contributed by atoms with Crippen molar-refractivity contribution >= 4 is 17.4 Å². The number of carbonyl (C=O) groups is 1. The number of nitrogens with one attached hydrogen (secondary N) is 2. The molecule has 2 rings (SSSR count). The maximum atomic E-state index is 12.9. The van der Waals surface area contributed by atoms with Crippen LogP contribution in [0.15, 0.2) is 30.3 Å². The number of anilines is 2. The van der Waals surface area contributed by atoms with Crippen molar-refractivity contribution < 1.29 is 14.6 Å². The van der Waals surface area contributed by atoms with Crippen molar-refractivity contribution in [1.82, 2.24) is 0 Å². The van der Waals surface area contributed by atoms with Crippen molar-refractivity contribution in [3.05, 3.63) is 47.0 Å². The molecular formula is C24H34N2O3. The second kappa shape index (κ2) is 8.76. The molecule has 2 amide bonds. The van der Waals surface area contributed by atoms with Crippen LogP contribution in [0.5, 0.6) is 11.5 Å². The molecule has 0 saturated carbocycles. The number of ether oxygens (including phenoxy) is 1. The number of aromatic hydroxyl groups is 1. The van der Waals surface area contributed by atoms with Gasteiger partial charge in [-0.1, -0.05) is 66.7 Å². The lowest BCUT2D eigenvalue weighted by Crippen LogP contribution is -2.22. The molecule has 29 heavy (non-hydrogen) atoms. The first-order valence-electron chi connectivity index (χ1n) is 10.1. The maximum absolute atomic E-state index is 12.9. The standard InChI is InChI=1S/C24H34N2O3/c1-14(2)17-10-9-11-18(15(3)4)21(17)26-23(28)25-20-13-16(29-8)12-19(22(20)27)24(5,6)7/h9-15,27H,1-8H3,(H2,25,26,28). The topological polar surface area (TPSA) is 70.6 Å². The van der Waals surface area contributed by atoms with Crippen LogP contribution in [0, 0.1) is 0 Å². The fraction of sp³-hybridized carbons (Fsp3) is 0.458. The summed E-state index contributed by atoms with van der Waals surface area (Å²) < 4.78 is 5.36. The molecule has 0 unspecified atom stereocenters. The number of para-hydroxylation sites is 1. The number of benzene rings is 2. The number of amides is 2. The quantitative estimate of drug-likeness (QED) is 0.498. The van der Waals surface area contributed by atoms with E-state index in [2.05, 4.69) is 38.3 Å². The largest absolute Gasteiger partial charge is 0.505 e. The summed E-state index contributed by atoms with van der Waals surface area (Å²) in [5.74, 6) is 1.16. The van der Waals surface area contributed by atoms with Gasteiger partial charge in [-0.2, -0.15) is 0 Å². The van der Waals surface area contributed by atoms with E-state index in [4.69, 9.17) is 4.74 Å². The summed E-state index contributed by atoms with van der Waals surface area (Å²) >= 11 is 0. The molecule has 0 radical (unpaired) electrons. The van der Waals surface area contributed by atoms with Crippen molar-refractivity contribution in [2.75, 3.05) is 17.7 Å². The zero-order valence-corrected chi connectivity index (χ0v) is 18.8. The summed E-state index contributed by atoms with van der Waals surface area (Å²) in [5, 5.41) is 16.6. The highest BCUT2D eigenvalue weighted by atomic mass is 16.5. The highest BCUT2D eigenvalue weighted by Gasteiger charge is 2.23. The van der Waals surface area contributed by atoms with E-state index in [1.165, 1.54) is 0 Å². The Morgan fingerprint density at radius 2 is 1.55 bits per heavy atom. The number of methoxy groups -OCH3 is 1. The van der Waals surface area contributed by atoms with Crippen LogP contribution in [0.3, 0.4) is 0 Å². The Labute approximate surface area is 174 Å². The number of urea groups is 1. The minimum absolute atomic E-state index is 0.0506. The smallest absolute Gasteiger partial charge is 0.323 e. The summed E-state index contributed by atoms with van der Waals surface area (Å²) in [6.45, 7) is 14.4. The predicted octanol–water partition coefficient (Wildman–Crippen LogP) is 6.59. The summed E-state index contributed by atoms with van der Waals surface area (Å²) in [4.78, 5) is 12.9. The molecule has 158 valence electrons. The van der Waals surface area contributed by atoms with Crippen molar-refractivity contribution in [2.24, 2.45) is 0 Å². The van der Waals surface area contributed by atoms with Gasteiger partial charge in [0, 0.05) is 17.3 Å². The van der Waals surface area contributed by atoms with Crippen LogP contribution < -0.4 is 15.4 Å². The number of phenols is 1. The molecule has 0 saturated heterocycles. The first kappa shape index (κ1) is 22.6. The lowest BCUT2D eigenvalue weighted by molar-refractivity contribution is 0.262. The number of hydrogen-bond donors (Lipinski definition) is 3. The molecule has 2 aromatic rings. The molecule has 0 heterocycles. The van der Waals surface area contributed by atoms with Gasteiger partial charge in [-0.25, -0.2) is 4.79 Å². The van der Waals surface area contributed by atoms with Gasteiger partial charge >= 0.3 is 6.03 Å². The zero-order chi connectivity index (χ0) is 21.9. The Hall–Kier alpha value is -2.69. The molecule has 5 heteroatoms. The van der Waals surface area contributed by atoms with E-state index in [-0.39, 0.29) is 23.0 Å². The normalized spacial score (nSPS) is 11.7. The van der Waals surface area contributed by atoms with Crippen molar-refractivity contribution in [1.29, 1.82) is 0 Å². The Bertz CT molecular complexity index is 854. The number of hydrogen-bond acceptors (Lipinski definition) is 3. The second-order valence-electron chi connectivity index (χ2n) is 9.02.